The normalized spacial score (nSPS) is 17.9. The first-order chi connectivity index (χ1) is 8.72. The molecule has 0 atom stereocenters. The Hall–Kier alpha value is -1.23. The van der Waals surface area contributed by atoms with Gasteiger partial charge in [0.15, 0.2) is 0 Å². The van der Waals surface area contributed by atoms with Crippen molar-refractivity contribution in [2.45, 2.75) is 45.6 Å². The van der Waals surface area contributed by atoms with Gasteiger partial charge in [-0.25, -0.2) is 4.98 Å². The van der Waals surface area contributed by atoms with Crippen LogP contribution in [0.5, 0.6) is 0 Å². The molecule has 0 aromatic carbocycles. The first kappa shape index (κ1) is 13.2. The third-order valence-electron chi connectivity index (χ3n) is 3.56. The van der Waals surface area contributed by atoms with Crippen LogP contribution in [-0.2, 0) is 12.8 Å². The molecule has 5 nitrogen and oxygen atoms in total. The van der Waals surface area contributed by atoms with Crippen molar-refractivity contribution < 1.29 is 0 Å². The van der Waals surface area contributed by atoms with Crippen LogP contribution < -0.4 is 5.32 Å². The largest absolute Gasteiger partial charge is 0.350 e. The quantitative estimate of drug-likeness (QED) is 0.876. The highest BCUT2D eigenvalue weighted by Gasteiger charge is 2.17. The van der Waals surface area contributed by atoms with Crippen LogP contribution in [0, 0.1) is 0 Å². The average molecular weight is 249 g/mol. The monoisotopic (exact) mass is 249 g/mol. The molecule has 0 amide bonds. The fraction of sp³-hybridized carbons (Fsp3) is 0.769. The maximum atomic E-state index is 4.58. The summed E-state index contributed by atoms with van der Waals surface area (Å²) in [6.45, 7) is 6.48. The molecule has 100 valence electrons. The molecule has 0 aliphatic carbocycles. The summed E-state index contributed by atoms with van der Waals surface area (Å²) in [6, 6.07) is 0.486. The number of piperidine rings is 1. The highest BCUT2D eigenvalue weighted by Crippen LogP contribution is 2.13. The highest BCUT2D eigenvalue weighted by atomic mass is 15.3. The molecule has 1 aliphatic heterocycles. The van der Waals surface area contributed by atoms with E-state index in [1.54, 1.807) is 0 Å². The molecule has 1 N–H and O–H groups in total. The second kappa shape index (κ2) is 6.09. The zero-order chi connectivity index (χ0) is 13.0. The van der Waals surface area contributed by atoms with Crippen LogP contribution in [0.4, 0.5) is 5.95 Å². The lowest BCUT2D eigenvalue weighted by Gasteiger charge is -2.29. The van der Waals surface area contributed by atoms with Crippen LogP contribution in [0.2, 0.25) is 0 Å². The van der Waals surface area contributed by atoms with Gasteiger partial charge in [-0.1, -0.05) is 13.8 Å². The Labute approximate surface area is 109 Å². The van der Waals surface area contributed by atoms with Crippen molar-refractivity contribution in [3.8, 4) is 0 Å². The lowest BCUT2D eigenvalue weighted by Crippen LogP contribution is -2.37. The van der Waals surface area contributed by atoms with Crippen LogP contribution >= 0.6 is 0 Å². The van der Waals surface area contributed by atoms with Crippen LogP contribution in [-0.4, -0.2) is 46.3 Å². The standard InChI is InChI=1S/C13H23N5/c1-4-11-12(5-2)16-17-13(15-11)14-10-6-8-18(3)9-7-10/h10H,4-9H2,1-3H3,(H,14,15,17). The van der Waals surface area contributed by atoms with Crippen LogP contribution in [0.15, 0.2) is 0 Å². The molecule has 0 radical (unpaired) electrons. The van der Waals surface area contributed by atoms with Gasteiger partial charge in [-0.2, -0.15) is 5.10 Å². The molecule has 2 heterocycles. The van der Waals surface area contributed by atoms with Crippen LogP contribution in [0.25, 0.3) is 0 Å². The van der Waals surface area contributed by atoms with Crippen LogP contribution in [0.1, 0.15) is 38.1 Å². The van der Waals surface area contributed by atoms with Crippen molar-refractivity contribution in [2.75, 3.05) is 25.5 Å². The Balaban J connectivity index is 2.01. The summed E-state index contributed by atoms with van der Waals surface area (Å²) < 4.78 is 0. The van der Waals surface area contributed by atoms with Crippen molar-refractivity contribution in [3.05, 3.63) is 11.4 Å². The van der Waals surface area contributed by atoms with Gasteiger partial charge in [0.2, 0.25) is 5.95 Å². The molecule has 1 saturated heterocycles. The van der Waals surface area contributed by atoms with Gasteiger partial charge in [0, 0.05) is 6.04 Å². The lowest BCUT2D eigenvalue weighted by molar-refractivity contribution is 0.263. The number of nitrogens with one attached hydrogen (secondary N) is 1. The average Bonchev–Trinajstić information content (AvgIpc) is 2.41. The number of hydrogen-bond acceptors (Lipinski definition) is 5. The number of aromatic nitrogens is 3. The highest BCUT2D eigenvalue weighted by molar-refractivity contribution is 5.27. The van der Waals surface area contributed by atoms with Gasteiger partial charge in [-0.3, -0.25) is 0 Å². The molecule has 18 heavy (non-hydrogen) atoms. The molecule has 1 aromatic rings. The molecule has 0 bridgehead atoms. The third-order valence-corrected chi connectivity index (χ3v) is 3.56. The lowest BCUT2D eigenvalue weighted by atomic mass is 10.1. The summed E-state index contributed by atoms with van der Waals surface area (Å²) >= 11 is 0. The van der Waals surface area contributed by atoms with E-state index in [0.717, 1.165) is 50.2 Å². The molecule has 1 aliphatic rings. The smallest absolute Gasteiger partial charge is 0.243 e. The van der Waals surface area contributed by atoms with E-state index in [2.05, 4.69) is 46.3 Å². The third kappa shape index (κ3) is 3.16. The minimum absolute atomic E-state index is 0.486. The van der Waals surface area contributed by atoms with E-state index in [9.17, 15) is 0 Å². The van der Waals surface area contributed by atoms with Gasteiger partial charge in [0.1, 0.15) is 0 Å². The van der Waals surface area contributed by atoms with Crippen molar-refractivity contribution in [2.24, 2.45) is 0 Å². The van der Waals surface area contributed by atoms with E-state index < -0.39 is 0 Å². The van der Waals surface area contributed by atoms with Crippen molar-refractivity contribution in [1.29, 1.82) is 0 Å². The van der Waals surface area contributed by atoms with E-state index in [1.165, 1.54) is 0 Å². The maximum absolute atomic E-state index is 4.58. The van der Waals surface area contributed by atoms with E-state index >= 15 is 0 Å². The van der Waals surface area contributed by atoms with Crippen LogP contribution in [0.3, 0.4) is 0 Å². The minimum Gasteiger partial charge on any atom is -0.350 e. The van der Waals surface area contributed by atoms with Crippen molar-refractivity contribution in [1.82, 2.24) is 20.1 Å². The Bertz CT molecular complexity index is 385. The molecule has 0 unspecified atom stereocenters. The fourth-order valence-corrected chi connectivity index (χ4v) is 2.33. The van der Waals surface area contributed by atoms with Gasteiger partial charge in [0.25, 0.3) is 0 Å². The van der Waals surface area contributed by atoms with Gasteiger partial charge in [-0.05, 0) is 45.8 Å². The van der Waals surface area contributed by atoms with E-state index in [-0.39, 0.29) is 0 Å². The Morgan fingerprint density at radius 1 is 1.11 bits per heavy atom. The number of nitrogens with zero attached hydrogens (tertiary/aromatic N) is 4. The predicted molar refractivity (Wildman–Crippen MR) is 72.7 cm³/mol. The zero-order valence-electron chi connectivity index (χ0n) is 11.6. The predicted octanol–water partition coefficient (Wildman–Crippen LogP) is 1.50. The van der Waals surface area contributed by atoms with Gasteiger partial charge >= 0.3 is 0 Å². The molecule has 1 fully saturated rings. The molecule has 0 saturated carbocycles. The van der Waals surface area contributed by atoms with E-state index in [1.807, 2.05) is 0 Å². The van der Waals surface area contributed by atoms with E-state index in [0.29, 0.717) is 12.0 Å². The first-order valence-corrected chi connectivity index (χ1v) is 6.90. The summed E-state index contributed by atoms with van der Waals surface area (Å²) in [6.07, 6.45) is 4.12. The van der Waals surface area contributed by atoms with Crippen molar-refractivity contribution in [3.63, 3.8) is 0 Å². The fourth-order valence-electron chi connectivity index (χ4n) is 2.33. The second-order valence-corrected chi connectivity index (χ2v) is 4.96. The molecular formula is C13H23N5. The summed E-state index contributed by atoms with van der Waals surface area (Å²) in [5.74, 6) is 0.693. The Kier molecular flexibility index (Phi) is 4.47. The van der Waals surface area contributed by atoms with E-state index in [4.69, 9.17) is 0 Å². The Morgan fingerprint density at radius 2 is 1.78 bits per heavy atom. The number of aryl methyl sites for hydroxylation is 2. The number of hydrogen-bond donors (Lipinski definition) is 1. The van der Waals surface area contributed by atoms with Gasteiger partial charge < -0.3 is 10.2 Å². The van der Waals surface area contributed by atoms with Gasteiger partial charge in [-0.15, -0.1) is 5.10 Å². The summed E-state index contributed by atoms with van der Waals surface area (Å²) in [5.41, 5.74) is 2.09. The number of likely N-dealkylation sites (tertiary alicyclic amines) is 1. The SMILES string of the molecule is CCc1nnc(NC2CCN(C)CC2)nc1CC. The summed E-state index contributed by atoms with van der Waals surface area (Å²) in [5, 5.41) is 11.9. The molecule has 1 aromatic heterocycles. The summed E-state index contributed by atoms with van der Waals surface area (Å²) in [7, 11) is 2.17. The number of rotatable bonds is 4. The number of anilines is 1. The maximum Gasteiger partial charge on any atom is 0.243 e. The molecule has 5 heteroatoms. The zero-order valence-corrected chi connectivity index (χ0v) is 11.6. The second-order valence-electron chi connectivity index (χ2n) is 4.96. The topological polar surface area (TPSA) is 53.9 Å². The van der Waals surface area contributed by atoms with Crippen molar-refractivity contribution >= 4 is 5.95 Å². The molecule has 0 spiro atoms. The summed E-state index contributed by atoms with van der Waals surface area (Å²) in [4.78, 5) is 6.93. The first-order valence-electron chi connectivity index (χ1n) is 6.90. The molecule has 2 rings (SSSR count). The van der Waals surface area contributed by atoms with Gasteiger partial charge in [0.05, 0.1) is 11.4 Å². The molecular weight excluding hydrogens is 226 g/mol. The Morgan fingerprint density at radius 3 is 2.39 bits per heavy atom. The minimum atomic E-state index is 0.486.